The maximum absolute atomic E-state index is 5.84. The average molecular weight is 218 g/mol. The third-order valence-electron chi connectivity index (χ3n) is 2.58. The maximum atomic E-state index is 5.84. The third kappa shape index (κ3) is 3.62. The van der Waals surface area contributed by atoms with Crippen molar-refractivity contribution in [3.63, 3.8) is 0 Å². The van der Waals surface area contributed by atoms with Gasteiger partial charge in [-0.25, -0.2) is 0 Å². The molecule has 14 heavy (non-hydrogen) atoms. The molecule has 4 heteroatoms. The van der Waals surface area contributed by atoms with Crippen molar-refractivity contribution in [1.82, 2.24) is 0 Å². The number of hydrogen-bond acceptors (Lipinski definition) is 3. The predicted molar refractivity (Wildman–Crippen MR) is 60.4 cm³/mol. The Bertz CT molecular complexity index is 204. The third-order valence-corrected chi connectivity index (χ3v) is 6.90. The highest BCUT2D eigenvalue weighted by Gasteiger charge is 2.39. The Morgan fingerprint density at radius 3 is 1.93 bits per heavy atom. The Kier molecular flexibility index (Phi) is 4.51. The van der Waals surface area contributed by atoms with Crippen molar-refractivity contribution in [2.75, 3.05) is 14.2 Å². The van der Waals surface area contributed by atoms with Crippen molar-refractivity contribution in [3.05, 3.63) is 12.2 Å². The topological polar surface area (TPSA) is 27.7 Å². The quantitative estimate of drug-likeness (QED) is 0.536. The first kappa shape index (κ1) is 13.4. The number of hydrogen-bond donors (Lipinski definition) is 0. The summed E-state index contributed by atoms with van der Waals surface area (Å²) in [6.45, 7) is 10.9. The lowest BCUT2D eigenvalue weighted by Crippen LogP contribution is -2.40. The van der Waals surface area contributed by atoms with Gasteiger partial charge in [0.2, 0.25) is 0 Å². The zero-order valence-corrected chi connectivity index (χ0v) is 11.3. The number of rotatable bonds is 4. The molecular weight excluding hydrogens is 196 g/mol. The minimum Gasteiger partial charge on any atom is -0.517 e. The molecule has 0 saturated carbocycles. The second-order valence-electron chi connectivity index (χ2n) is 4.74. The van der Waals surface area contributed by atoms with E-state index >= 15 is 0 Å². The van der Waals surface area contributed by atoms with Gasteiger partial charge in [0, 0.05) is 0 Å². The maximum Gasteiger partial charge on any atom is 0.301 e. The van der Waals surface area contributed by atoms with E-state index in [0.29, 0.717) is 5.95 Å². The van der Waals surface area contributed by atoms with Gasteiger partial charge in [0.05, 0.1) is 14.2 Å². The Labute approximate surface area is 88.2 Å². The summed E-state index contributed by atoms with van der Waals surface area (Å²) in [4.78, 5) is 0. The van der Waals surface area contributed by atoms with Crippen LogP contribution in [0.4, 0.5) is 0 Å². The molecule has 0 fully saturated rings. The van der Waals surface area contributed by atoms with Gasteiger partial charge in [-0.05, 0) is 18.1 Å². The van der Waals surface area contributed by atoms with Gasteiger partial charge in [0.1, 0.15) is 0 Å². The smallest absolute Gasteiger partial charge is 0.301 e. The molecule has 0 aliphatic rings. The summed E-state index contributed by atoms with van der Waals surface area (Å²) in [5.41, 5.74) is 0. The molecule has 0 aromatic heterocycles. The fraction of sp³-hybridized carbons (Fsp3) is 0.800. The lowest BCUT2D eigenvalue weighted by molar-refractivity contribution is 0.121. The van der Waals surface area contributed by atoms with E-state index in [2.05, 4.69) is 33.9 Å². The standard InChI is InChI=1S/C10H22O3Si/c1-10(2,3)14(6,7)13-9(12-5)8-11-4/h8H,1-7H3. The molecule has 0 heterocycles. The van der Waals surface area contributed by atoms with Crippen molar-refractivity contribution in [3.8, 4) is 0 Å². The van der Waals surface area contributed by atoms with E-state index in [0.717, 1.165) is 0 Å². The molecule has 0 atom stereocenters. The molecule has 0 saturated heterocycles. The molecule has 0 amide bonds. The molecule has 0 N–H and O–H groups in total. The Balaban J connectivity index is 4.56. The van der Waals surface area contributed by atoms with E-state index in [1.807, 2.05) is 0 Å². The summed E-state index contributed by atoms with van der Waals surface area (Å²) in [6, 6.07) is 0. The van der Waals surface area contributed by atoms with Crippen LogP contribution < -0.4 is 0 Å². The molecule has 0 bridgehead atoms. The van der Waals surface area contributed by atoms with Crippen LogP contribution in [0.1, 0.15) is 20.8 Å². The molecule has 0 aromatic rings. The molecule has 0 aliphatic heterocycles. The van der Waals surface area contributed by atoms with Gasteiger partial charge in [-0.3, -0.25) is 0 Å². The predicted octanol–water partition coefficient (Wildman–Crippen LogP) is 3.10. The van der Waals surface area contributed by atoms with Gasteiger partial charge < -0.3 is 13.9 Å². The first-order valence-corrected chi connectivity index (χ1v) is 7.61. The zero-order chi connectivity index (χ0) is 11.4. The van der Waals surface area contributed by atoms with E-state index < -0.39 is 8.32 Å². The fourth-order valence-corrected chi connectivity index (χ4v) is 1.56. The summed E-state index contributed by atoms with van der Waals surface area (Å²) >= 11 is 0. The molecule has 0 aliphatic carbocycles. The molecule has 0 rings (SSSR count). The van der Waals surface area contributed by atoms with Crippen LogP contribution in [0.2, 0.25) is 18.1 Å². The van der Waals surface area contributed by atoms with Crippen LogP contribution in [-0.4, -0.2) is 22.5 Å². The van der Waals surface area contributed by atoms with Gasteiger partial charge in [-0.1, -0.05) is 20.8 Å². The van der Waals surface area contributed by atoms with Crippen LogP contribution in [0.3, 0.4) is 0 Å². The lowest BCUT2D eigenvalue weighted by atomic mass is 10.2. The SMILES string of the molecule is COC=C(OC)O[Si](C)(C)C(C)(C)C. The summed E-state index contributed by atoms with van der Waals surface area (Å²) < 4.78 is 15.8. The Hall–Kier alpha value is -0.643. The highest BCUT2D eigenvalue weighted by molar-refractivity contribution is 6.74. The van der Waals surface area contributed by atoms with E-state index in [9.17, 15) is 0 Å². The van der Waals surface area contributed by atoms with Crippen molar-refractivity contribution in [2.24, 2.45) is 0 Å². The normalized spacial score (nSPS) is 13.8. The molecular formula is C10H22O3Si. The Morgan fingerprint density at radius 2 is 1.64 bits per heavy atom. The highest BCUT2D eigenvalue weighted by Crippen LogP contribution is 2.37. The van der Waals surface area contributed by atoms with Crippen LogP contribution in [0, 0.1) is 0 Å². The minimum absolute atomic E-state index is 0.165. The van der Waals surface area contributed by atoms with Gasteiger partial charge in [-0.15, -0.1) is 0 Å². The largest absolute Gasteiger partial charge is 0.517 e. The van der Waals surface area contributed by atoms with Crippen LogP contribution in [0.25, 0.3) is 0 Å². The number of ether oxygens (including phenoxy) is 2. The van der Waals surface area contributed by atoms with Crippen molar-refractivity contribution in [1.29, 1.82) is 0 Å². The molecule has 0 radical (unpaired) electrons. The second kappa shape index (κ2) is 4.73. The van der Waals surface area contributed by atoms with E-state index in [1.54, 1.807) is 14.2 Å². The van der Waals surface area contributed by atoms with Crippen LogP contribution in [0.15, 0.2) is 12.2 Å². The molecule has 0 unspecified atom stereocenters. The monoisotopic (exact) mass is 218 g/mol. The molecule has 0 spiro atoms. The summed E-state index contributed by atoms with van der Waals surface area (Å²) in [7, 11) is 1.36. The summed E-state index contributed by atoms with van der Waals surface area (Å²) in [5.74, 6) is 0.457. The lowest BCUT2D eigenvalue weighted by Gasteiger charge is -2.36. The van der Waals surface area contributed by atoms with Crippen LogP contribution in [-0.2, 0) is 13.9 Å². The molecule has 84 valence electrons. The molecule has 3 nitrogen and oxygen atoms in total. The van der Waals surface area contributed by atoms with E-state index in [1.165, 1.54) is 6.26 Å². The summed E-state index contributed by atoms with van der Waals surface area (Å²) in [6.07, 6.45) is 1.49. The van der Waals surface area contributed by atoms with Gasteiger partial charge in [-0.2, -0.15) is 0 Å². The van der Waals surface area contributed by atoms with Crippen molar-refractivity contribution < 1.29 is 13.9 Å². The number of methoxy groups -OCH3 is 2. The highest BCUT2D eigenvalue weighted by atomic mass is 28.4. The van der Waals surface area contributed by atoms with Gasteiger partial charge in [0.15, 0.2) is 6.26 Å². The first-order valence-electron chi connectivity index (χ1n) is 4.70. The van der Waals surface area contributed by atoms with Crippen LogP contribution >= 0.6 is 0 Å². The van der Waals surface area contributed by atoms with E-state index in [-0.39, 0.29) is 5.04 Å². The van der Waals surface area contributed by atoms with Crippen LogP contribution in [0.5, 0.6) is 0 Å². The summed E-state index contributed by atoms with van der Waals surface area (Å²) in [5, 5.41) is 0.165. The second-order valence-corrected chi connectivity index (χ2v) is 9.46. The van der Waals surface area contributed by atoms with Crippen molar-refractivity contribution in [2.45, 2.75) is 38.9 Å². The zero-order valence-electron chi connectivity index (χ0n) is 10.3. The average Bonchev–Trinajstić information content (AvgIpc) is 2.01. The van der Waals surface area contributed by atoms with Gasteiger partial charge >= 0.3 is 5.95 Å². The fourth-order valence-electron chi connectivity index (χ4n) is 0.615. The van der Waals surface area contributed by atoms with Crippen molar-refractivity contribution >= 4 is 8.32 Å². The Morgan fingerprint density at radius 1 is 1.14 bits per heavy atom. The first-order chi connectivity index (χ1) is 6.24. The van der Waals surface area contributed by atoms with Gasteiger partial charge in [0.25, 0.3) is 8.32 Å². The molecule has 0 aromatic carbocycles. The van der Waals surface area contributed by atoms with E-state index in [4.69, 9.17) is 13.9 Å². The minimum atomic E-state index is -1.80.